The predicted molar refractivity (Wildman–Crippen MR) is 115 cm³/mol. The van der Waals surface area contributed by atoms with Crippen molar-refractivity contribution in [3.05, 3.63) is 42.7 Å². The molecule has 146 valence electrons. The number of hydrogen-bond acceptors (Lipinski definition) is 4. The average Bonchev–Trinajstić information content (AvgIpc) is 3.17. The van der Waals surface area contributed by atoms with Crippen molar-refractivity contribution in [3.8, 4) is 11.3 Å². The molecule has 0 radical (unpaired) electrons. The first kappa shape index (κ1) is 22.8. The summed E-state index contributed by atoms with van der Waals surface area (Å²) < 4.78 is 5.46. The second-order valence-electron chi connectivity index (χ2n) is 6.55. The molecule has 0 bridgehead atoms. The molecule has 1 aromatic carbocycles. The molecule has 6 heteroatoms. The number of benzene rings is 1. The molecule has 1 aliphatic heterocycles. The Labute approximate surface area is 169 Å². The fourth-order valence-electron chi connectivity index (χ4n) is 3.35. The number of nitrogens with one attached hydrogen (secondary N) is 2. The zero-order valence-electron chi connectivity index (χ0n) is 15.4. The quantitative estimate of drug-likeness (QED) is 0.647. The van der Waals surface area contributed by atoms with Crippen LogP contribution in [0.1, 0.15) is 25.7 Å². The third-order valence-electron chi connectivity index (χ3n) is 4.82. The van der Waals surface area contributed by atoms with Crippen molar-refractivity contribution in [2.45, 2.75) is 31.7 Å². The summed E-state index contributed by atoms with van der Waals surface area (Å²) in [5.74, 6) is 0.933. The fraction of sp³-hybridized carbons (Fsp3) is 0.500. The molecule has 0 saturated carbocycles. The maximum Gasteiger partial charge on any atom is 0.133 e. The summed E-state index contributed by atoms with van der Waals surface area (Å²) in [6, 6.07) is 13.3. The monoisotopic (exact) mass is 399 g/mol. The molecule has 3 rings (SSSR count). The van der Waals surface area contributed by atoms with E-state index in [-0.39, 0.29) is 24.8 Å². The number of anilines is 1. The van der Waals surface area contributed by atoms with Crippen LogP contribution in [0.4, 0.5) is 5.69 Å². The number of furan rings is 1. The Bertz CT molecular complexity index is 582. The minimum absolute atomic E-state index is 0. The van der Waals surface area contributed by atoms with Gasteiger partial charge in [0.1, 0.15) is 5.76 Å². The summed E-state index contributed by atoms with van der Waals surface area (Å²) in [5.41, 5.74) is 2.46. The molecule has 0 amide bonds. The lowest BCUT2D eigenvalue weighted by molar-refractivity contribution is 0.410. The van der Waals surface area contributed by atoms with Crippen molar-refractivity contribution in [1.29, 1.82) is 0 Å². The number of halogens is 2. The van der Waals surface area contributed by atoms with E-state index in [2.05, 4.69) is 39.8 Å². The van der Waals surface area contributed by atoms with Gasteiger partial charge in [-0.1, -0.05) is 0 Å². The van der Waals surface area contributed by atoms with Crippen LogP contribution in [0.2, 0.25) is 0 Å². The highest BCUT2D eigenvalue weighted by Gasteiger charge is 2.18. The number of rotatable bonds is 8. The third-order valence-corrected chi connectivity index (χ3v) is 4.82. The molecule has 1 aliphatic rings. The molecule has 0 atom stereocenters. The van der Waals surface area contributed by atoms with Crippen LogP contribution >= 0.6 is 24.8 Å². The molecule has 0 spiro atoms. The van der Waals surface area contributed by atoms with Crippen molar-refractivity contribution in [2.75, 3.05) is 38.1 Å². The van der Waals surface area contributed by atoms with Gasteiger partial charge in [0.25, 0.3) is 0 Å². The average molecular weight is 400 g/mol. The minimum Gasteiger partial charge on any atom is -0.464 e. The topological polar surface area (TPSA) is 40.4 Å². The molecule has 1 fully saturated rings. The summed E-state index contributed by atoms with van der Waals surface area (Å²) >= 11 is 0. The van der Waals surface area contributed by atoms with Crippen molar-refractivity contribution < 1.29 is 4.42 Å². The molecule has 0 unspecified atom stereocenters. The first-order valence-electron chi connectivity index (χ1n) is 9.13. The molecule has 2 heterocycles. The molecular formula is C20H31Cl2N3O. The number of hydrogen-bond donors (Lipinski definition) is 2. The SMILES string of the molecule is CNCCCCNC1CCN(c2ccc(-c3ccco3)cc2)CC1.Cl.Cl. The van der Waals surface area contributed by atoms with E-state index < -0.39 is 0 Å². The summed E-state index contributed by atoms with van der Waals surface area (Å²) in [5, 5.41) is 6.92. The lowest BCUT2D eigenvalue weighted by Gasteiger charge is -2.34. The van der Waals surface area contributed by atoms with Crippen LogP contribution < -0.4 is 15.5 Å². The molecule has 1 aromatic heterocycles. The number of nitrogens with zero attached hydrogens (tertiary/aromatic N) is 1. The first-order chi connectivity index (χ1) is 11.9. The van der Waals surface area contributed by atoms with Gasteiger partial charge in [-0.15, -0.1) is 24.8 Å². The van der Waals surface area contributed by atoms with Crippen LogP contribution in [-0.4, -0.2) is 39.3 Å². The highest BCUT2D eigenvalue weighted by Crippen LogP contribution is 2.25. The Morgan fingerprint density at radius 3 is 2.31 bits per heavy atom. The van der Waals surface area contributed by atoms with Gasteiger partial charge in [-0.05, 0) is 82.2 Å². The molecule has 1 saturated heterocycles. The van der Waals surface area contributed by atoms with Crippen LogP contribution in [0.3, 0.4) is 0 Å². The number of unbranched alkanes of at least 4 members (excludes halogenated alkanes) is 1. The van der Waals surface area contributed by atoms with Gasteiger partial charge in [-0.2, -0.15) is 0 Å². The minimum atomic E-state index is 0. The smallest absolute Gasteiger partial charge is 0.133 e. The zero-order chi connectivity index (χ0) is 16.6. The van der Waals surface area contributed by atoms with Crippen LogP contribution in [0.5, 0.6) is 0 Å². The lowest BCUT2D eigenvalue weighted by atomic mass is 10.0. The Morgan fingerprint density at radius 2 is 1.69 bits per heavy atom. The molecule has 26 heavy (non-hydrogen) atoms. The maximum absolute atomic E-state index is 5.46. The Hall–Kier alpha value is -1.20. The van der Waals surface area contributed by atoms with E-state index in [1.807, 2.05) is 19.2 Å². The van der Waals surface area contributed by atoms with E-state index in [1.165, 1.54) is 31.4 Å². The second-order valence-corrected chi connectivity index (χ2v) is 6.55. The van der Waals surface area contributed by atoms with Gasteiger partial charge in [-0.25, -0.2) is 0 Å². The maximum atomic E-state index is 5.46. The standard InChI is InChI=1S/C20H29N3O.2ClH/c1-21-12-2-3-13-22-18-10-14-23(15-11-18)19-8-6-17(7-9-19)20-5-4-16-24-20;;/h4-9,16,18,21-22H,2-3,10-15H2,1H3;2*1H. The second kappa shape index (κ2) is 12.2. The van der Waals surface area contributed by atoms with Gasteiger partial charge >= 0.3 is 0 Å². The van der Waals surface area contributed by atoms with Crippen LogP contribution in [-0.2, 0) is 0 Å². The van der Waals surface area contributed by atoms with Gasteiger partial charge in [0.05, 0.1) is 6.26 Å². The fourth-order valence-corrected chi connectivity index (χ4v) is 3.35. The van der Waals surface area contributed by atoms with Crippen molar-refractivity contribution in [1.82, 2.24) is 10.6 Å². The van der Waals surface area contributed by atoms with Gasteiger partial charge in [-0.3, -0.25) is 0 Å². The van der Waals surface area contributed by atoms with Crippen LogP contribution in [0.15, 0.2) is 47.1 Å². The molecule has 0 aliphatic carbocycles. The normalized spacial score (nSPS) is 14.6. The summed E-state index contributed by atoms with van der Waals surface area (Å²) in [6.45, 7) is 4.53. The Kier molecular flexibility index (Phi) is 10.7. The lowest BCUT2D eigenvalue weighted by Crippen LogP contribution is -2.42. The highest BCUT2D eigenvalue weighted by molar-refractivity contribution is 5.85. The Balaban J connectivity index is 0.00000169. The van der Waals surface area contributed by atoms with Crippen molar-refractivity contribution in [3.63, 3.8) is 0 Å². The predicted octanol–water partition coefficient (Wildman–Crippen LogP) is 4.35. The van der Waals surface area contributed by atoms with Gasteiger partial charge in [0.2, 0.25) is 0 Å². The molecular weight excluding hydrogens is 369 g/mol. The van der Waals surface area contributed by atoms with E-state index >= 15 is 0 Å². The van der Waals surface area contributed by atoms with E-state index in [0.717, 1.165) is 37.5 Å². The number of piperidine rings is 1. The van der Waals surface area contributed by atoms with Gasteiger partial charge in [0.15, 0.2) is 0 Å². The highest BCUT2D eigenvalue weighted by atomic mass is 35.5. The van der Waals surface area contributed by atoms with E-state index in [9.17, 15) is 0 Å². The summed E-state index contributed by atoms with van der Waals surface area (Å²) in [4.78, 5) is 2.49. The van der Waals surface area contributed by atoms with Crippen molar-refractivity contribution >= 4 is 30.5 Å². The first-order valence-corrected chi connectivity index (χ1v) is 9.13. The Morgan fingerprint density at radius 1 is 1.00 bits per heavy atom. The van der Waals surface area contributed by atoms with E-state index in [1.54, 1.807) is 6.26 Å². The zero-order valence-corrected chi connectivity index (χ0v) is 17.1. The molecule has 2 N–H and O–H groups in total. The molecule has 2 aromatic rings. The third kappa shape index (κ3) is 6.51. The molecule has 4 nitrogen and oxygen atoms in total. The van der Waals surface area contributed by atoms with Crippen LogP contribution in [0, 0.1) is 0 Å². The van der Waals surface area contributed by atoms with Crippen LogP contribution in [0.25, 0.3) is 11.3 Å². The largest absolute Gasteiger partial charge is 0.464 e. The summed E-state index contributed by atoms with van der Waals surface area (Å²) in [7, 11) is 2.02. The van der Waals surface area contributed by atoms with Gasteiger partial charge in [0, 0.05) is 30.4 Å². The van der Waals surface area contributed by atoms with Crippen molar-refractivity contribution in [2.24, 2.45) is 0 Å². The van der Waals surface area contributed by atoms with E-state index in [4.69, 9.17) is 4.42 Å². The summed E-state index contributed by atoms with van der Waals surface area (Å²) in [6.07, 6.45) is 6.69. The van der Waals surface area contributed by atoms with Gasteiger partial charge < -0.3 is 20.0 Å². The van der Waals surface area contributed by atoms with E-state index in [0.29, 0.717) is 6.04 Å².